The molecule has 0 bridgehead atoms. The first-order valence-electron chi connectivity index (χ1n) is 13.0. The van der Waals surface area contributed by atoms with Crippen molar-refractivity contribution in [3.05, 3.63) is 101 Å². The largest absolute Gasteiger partial charge is 0.352 e. The Morgan fingerprint density at radius 1 is 0.925 bits per heavy atom. The smallest absolute Gasteiger partial charge is 0.244 e. The second kappa shape index (κ2) is 13.5. The van der Waals surface area contributed by atoms with Crippen LogP contribution in [0.3, 0.4) is 0 Å². The summed E-state index contributed by atoms with van der Waals surface area (Å²) in [6, 6.07) is 18.2. The van der Waals surface area contributed by atoms with Crippen LogP contribution < -0.4 is 9.62 Å². The lowest BCUT2D eigenvalue weighted by Crippen LogP contribution is -2.54. The molecule has 0 saturated heterocycles. The summed E-state index contributed by atoms with van der Waals surface area (Å²) in [6.45, 7) is 5.01. The Bertz CT molecular complexity index is 1430. The van der Waals surface area contributed by atoms with Gasteiger partial charge in [-0.3, -0.25) is 13.9 Å². The van der Waals surface area contributed by atoms with E-state index in [0.717, 1.165) is 41.1 Å². The first-order chi connectivity index (χ1) is 18.9. The van der Waals surface area contributed by atoms with Crippen LogP contribution >= 0.6 is 0 Å². The van der Waals surface area contributed by atoms with Crippen molar-refractivity contribution in [1.82, 2.24) is 10.2 Å². The molecule has 0 aromatic heterocycles. The Morgan fingerprint density at radius 3 is 2.20 bits per heavy atom. The predicted molar refractivity (Wildman–Crippen MR) is 152 cm³/mol. The number of nitrogens with zero attached hydrogens (tertiary/aromatic N) is 2. The topological polar surface area (TPSA) is 86.8 Å². The van der Waals surface area contributed by atoms with Crippen LogP contribution in [0.1, 0.15) is 37.0 Å². The normalized spacial score (nSPS) is 12.8. The minimum absolute atomic E-state index is 0.0291. The molecule has 0 heterocycles. The summed E-state index contributed by atoms with van der Waals surface area (Å²) in [7, 11) is -4.09. The molecule has 2 atom stereocenters. The van der Waals surface area contributed by atoms with Crippen molar-refractivity contribution in [3.8, 4) is 0 Å². The maximum atomic E-state index is 14.0. The molecule has 10 heteroatoms. The number of carbonyl (C=O) groups is 2. The fourth-order valence-electron chi connectivity index (χ4n) is 4.26. The van der Waals surface area contributed by atoms with E-state index in [1.807, 2.05) is 75.4 Å². The van der Waals surface area contributed by atoms with E-state index in [2.05, 4.69) is 5.32 Å². The average molecular weight is 572 g/mol. The standard InChI is InChI=1S/C30H35F2N3O4S/c1-5-22(3)33-30(37)28(17-23-11-7-6-8-12-23)34(19-24-13-9-10-21(2)16-24)29(36)20-35(40(4,38)39)25-14-15-26(31)27(32)18-25/h6-16,18,22,28H,5,17,19-20H2,1-4H3,(H,33,37)/t22-,28+/m1/s1. The third-order valence-corrected chi connectivity index (χ3v) is 7.72. The van der Waals surface area contributed by atoms with Crippen LogP contribution in [-0.2, 0) is 32.6 Å². The van der Waals surface area contributed by atoms with E-state index in [1.165, 1.54) is 4.90 Å². The van der Waals surface area contributed by atoms with Crippen molar-refractivity contribution in [1.29, 1.82) is 0 Å². The molecule has 2 amide bonds. The summed E-state index contributed by atoms with van der Waals surface area (Å²) >= 11 is 0. The zero-order valence-electron chi connectivity index (χ0n) is 23.1. The van der Waals surface area contributed by atoms with E-state index in [1.54, 1.807) is 0 Å². The fraction of sp³-hybridized carbons (Fsp3) is 0.333. The van der Waals surface area contributed by atoms with E-state index in [-0.39, 0.29) is 30.6 Å². The molecule has 0 aliphatic rings. The lowest BCUT2D eigenvalue weighted by Gasteiger charge is -2.34. The Labute approximate surface area is 234 Å². The highest BCUT2D eigenvalue weighted by Gasteiger charge is 2.33. The number of anilines is 1. The van der Waals surface area contributed by atoms with Crippen molar-refractivity contribution >= 4 is 27.5 Å². The van der Waals surface area contributed by atoms with Crippen molar-refractivity contribution in [3.63, 3.8) is 0 Å². The molecule has 0 fully saturated rings. The second-order valence-electron chi connectivity index (χ2n) is 9.90. The molecule has 0 saturated carbocycles. The minimum Gasteiger partial charge on any atom is -0.352 e. The van der Waals surface area contributed by atoms with Crippen LogP contribution in [0, 0.1) is 18.6 Å². The highest BCUT2D eigenvalue weighted by Crippen LogP contribution is 2.22. The Hall–Kier alpha value is -3.79. The summed E-state index contributed by atoms with van der Waals surface area (Å²) in [4.78, 5) is 29.0. The molecule has 0 aliphatic heterocycles. The minimum atomic E-state index is -4.09. The fourth-order valence-corrected chi connectivity index (χ4v) is 5.10. The molecule has 3 rings (SSSR count). The van der Waals surface area contributed by atoms with Gasteiger partial charge in [0.05, 0.1) is 11.9 Å². The summed E-state index contributed by atoms with van der Waals surface area (Å²) < 4.78 is 53.8. The summed E-state index contributed by atoms with van der Waals surface area (Å²) in [5.74, 6) is -3.44. The van der Waals surface area contributed by atoms with Crippen molar-refractivity contribution in [2.45, 2.75) is 52.2 Å². The first kappa shape index (κ1) is 30.7. The molecule has 3 aromatic rings. The van der Waals surface area contributed by atoms with Crippen LogP contribution in [0.15, 0.2) is 72.8 Å². The molecule has 0 radical (unpaired) electrons. The van der Waals surface area contributed by atoms with Crippen molar-refractivity contribution in [2.24, 2.45) is 0 Å². The highest BCUT2D eigenvalue weighted by atomic mass is 32.2. The molecule has 0 aliphatic carbocycles. The third kappa shape index (κ3) is 8.35. The molecular weight excluding hydrogens is 536 g/mol. The summed E-state index contributed by atoms with van der Waals surface area (Å²) in [5.41, 5.74) is 2.32. The molecular formula is C30H35F2N3O4S. The molecule has 0 unspecified atom stereocenters. The lowest BCUT2D eigenvalue weighted by molar-refractivity contribution is -0.140. The van der Waals surface area contributed by atoms with Gasteiger partial charge in [0.15, 0.2) is 11.6 Å². The average Bonchev–Trinajstić information content (AvgIpc) is 2.90. The predicted octanol–water partition coefficient (Wildman–Crippen LogP) is 4.59. The van der Waals surface area contributed by atoms with Gasteiger partial charge in [-0.1, -0.05) is 67.1 Å². The van der Waals surface area contributed by atoms with Crippen LogP contribution in [0.25, 0.3) is 0 Å². The number of amides is 2. The Morgan fingerprint density at radius 2 is 1.60 bits per heavy atom. The molecule has 1 N–H and O–H groups in total. The van der Waals surface area contributed by atoms with Crippen LogP contribution in [0.4, 0.5) is 14.5 Å². The number of hydrogen-bond donors (Lipinski definition) is 1. The quantitative estimate of drug-likeness (QED) is 0.345. The summed E-state index contributed by atoms with van der Waals surface area (Å²) in [5, 5.41) is 2.96. The number of rotatable bonds is 12. The van der Waals surface area contributed by atoms with Crippen LogP contribution in [0.5, 0.6) is 0 Å². The first-order valence-corrected chi connectivity index (χ1v) is 14.9. The zero-order chi connectivity index (χ0) is 29.4. The van der Waals surface area contributed by atoms with Crippen LogP contribution in [-0.4, -0.2) is 50.0 Å². The van der Waals surface area contributed by atoms with Gasteiger partial charge in [-0.25, -0.2) is 17.2 Å². The van der Waals surface area contributed by atoms with E-state index in [9.17, 15) is 26.8 Å². The molecule has 214 valence electrons. The molecule has 0 spiro atoms. The second-order valence-corrected chi connectivity index (χ2v) is 11.8. The molecule has 3 aromatic carbocycles. The maximum absolute atomic E-state index is 14.0. The van der Waals surface area contributed by atoms with Gasteiger partial charge < -0.3 is 10.2 Å². The Kier molecular flexibility index (Phi) is 10.4. The van der Waals surface area contributed by atoms with E-state index >= 15 is 0 Å². The summed E-state index contributed by atoms with van der Waals surface area (Å²) in [6.07, 6.45) is 1.74. The monoisotopic (exact) mass is 571 g/mol. The maximum Gasteiger partial charge on any atom is 0.244 e. The van der Waals surface area contributed by atoms with Gasteiger partial charge in [0.1, 0.15) is 12.6 Å². The van der Waals surface area contributed by atoms with E-state index < -0.39 is 40.2 Å². The van der Waals surface area contributed by atoms with Crippen LogP contribution in [0.2, 0.25) is 0 Å². The van der Waals surface area contributed by atoms with Gasteiger partial charge in [0.25, 0.3) is 0 Å². The number of carbonyl (C=O) groups excluding carboxylic acids is 2. The molecule has 7 nitrogen and oxygen atoms in total. The highest BCUT2D eigenvalue weighted by molar-refractivity contribution is 7.92. The number of benzene rings is 3. The van der Waals surface area contributed by atoms with Gasteiger partial charge in [0.2, 0.25) is 21.8 Å². The van der Waals surface area contributed by atoms with Gasteiger partial charge in [-0.15, -0.1) is 0 Å². The molecule has 40 heavy (non-hydrogen) atoms. The van der Waals surface area contributed by atoms with Gasteiger partial charge in [0, 0.05) is 25.1 Å². The third-order valence-electron chi connectivity index (χ3n) is 6.58. The Balaban J connectivity index is 2.07. The zero-order valence-corrected chi connectivity index (χ0v) is 23.9. The number of nitrogens with one attached hydrogen (secondary N) is 1. The van der Waals surface area contributed by atoms with Gasteiger partial charge >= 0.3 is 0 Å². The lowest BCUT2D eigenvalue weighted by atomic mass is 10.0. The van der Waals surface area contributed by atoms with Gasteiger partial charge in [-0.05, 0) is 43.5 Å². The number of aryl methyl sites for hydroxylation is 1. The van der Waals surface area contributed by atoms with E-state index in [0.29, 0.717) is 10.7 Å². The number of halogens is 2. The number of hydrogen-bond acceptors (Lipinski definition) is 4. The van der Waals surface area contributed by atoms with Crippen molar-refractivity contribution in [2.75, 3.05) is 17.1 Å². The number of sulfonamides is 1. The SMILES string of the molecule is CC[C@@H](C)NC(=O)[C@H](Cc1ccccc1)N(Cc1cccc(C)c1)C(=O)CN(c1ccc(F)c(F)c1)S(C)(=O)=O. The van der Waals surface area contributed by atoms with Crippen molar-refractivity contribution < 1.29 is 26.8 Å². The van der Waals surface area contributed by atoms with Gasteiger partial charge in [-0.2, -0.15) is 0 Å². The van der Waals surface area contributed by atoms with E-state index in [4.69, 9.17) is 0 Å².